The van der Waals surface area contributed by atoms with Crippen molar-refractivity contribution in [3.05, 3.63) is 56.1 Å². The molecule has 2 aliphatic rings. The lowest BCUT2D eigenvalue weighted by Gasteiger charge is -2.30. The smallest absolute Gasteiger partial charge is 0.365 e. The molecule has 0 amide bonds. The van der Waals surface area contributed by atoms with Crippen LogP contribution in [0.3, 0.4) is 0 Å². The number of aliphatic carboxylic acids is 1. The van der Waals surface area contributed by atoms with E-state index in [0.29, 0.717) is 36.7 Å². The third-order valence-corrected chi connectivity index (χ3v) is 5.34. The highest BCUT2D eigenvalue weighted by Gasteiger charge is 2.31. The second kappa shape index (κ2) is 8.17. The molecule has 3 nitrogen and oxygen atoms in total. The summed E-state index contributed by atoms with van der Waals surface area (Å²) in [6.45, 7) is 8.31. The number of fused-ring (bicyclic) bond motifs is 1. The van der Waals surface area contributed by atoms with E-state index in [0.717, 1.165) is 22.0 Å². The SMILES string of the molecule is CCOC1=C(/C(CC)=C(/F)C(=O)O)CC2=C(C(C)C)C=CCC2=C1Br. The first-order valence-corrected chi connectivity index (χ1v) is 9.39. The van der Waals surface area contributed by atoms with E-state index in [1.165, 1.54) is 5.57 Å². The van der Waals surface area contributed by atoms with E-state index in [4.69, 9.17) is 9.84 Å². The van der Waals surface area contributed by atoms with E-state index >= 15 is 0 Å². The first-order valence-electron chi connectivity index (χ1n) is 8.60. The number of carboxylic acids is 1. The third kappa shape index (κ3) is 3.81. The van der Waals surface area contributed by atoms with Crippen molar-refractivity contribution in [2.45, 2.75) is 47.0 Å². The number of halogens is 2. The molecule has 0 aliphatic heterocycles. The van der Waals surface area contributed by atoms with Crippen molar-refractivity contribution in [1.29, 1.82) is 0 Å². The van der Waals surface area contributed by atoms with Gasteiger partial charge in [0.15, 0.2) is 0 Å². The summed E-state index contributed by atoms with van der Waals surface area (Å²) < 4.78 is 20.9. The molecule has 0 aromatic carbocycles. The lowest BCUT2D eigenvalue weighted by Crippen LogP contribution is -2.16. The van der Waals surface area contributed by atoms with Gasteiger partial charge in [0, 0.05) is 17.6 Å². The second-order valence-electron chi connectivity index (χ2n) is 6.36. The van der Waals surface area contributed by atoms with Crippen LogP contribution in [-0.4, -0.2) is 17.7 Å². The van der Waals surface area contributed by atoms with Gasteiger partial charge in [-0.1, -0.05) is 32.9 Å². The minimum absolute atomic E-state index is 0.206. The quantitative estimate of drug-likeness (QED) is 0.549. The van der Waals surface area contributed by atoms with Crippen molar-refractivity contribution in [2.24, 2.45) is 5.92 Å². The minimum atomic E-state index is -1.53. The topological polar surface area (TPSA) is 46.5 Å². The van der Waals surface area contributed by atoms with Gasteiger partial charge in [-0.2, -0.15) is 4.39 Å². The van der Waals surface area contributed by atoms with Gasteiger partial charge in [0.25, 0.3) is 0 Å². The summed E-state index contributed by atoms with van der Waals surface area (Å²) in [6, 6.07) is 0. The van der Waals surface area contributed by atoms with Crippen LogP contribution >= 0.6 is 15.9 Å². The second-order valence-corrected chi connectivity index (χ2v) is 7.15. The third-order valence-electron chi connectivity index (χ3n) is 4.51. The molecule has 0 unspecified atom stereocenters. The Bertz CT molecular complexity index is 736. The number of hydrogen-bond donors (Lipinski definition) is 1. The van der Waals surface area contributed by atoms with E-state index in [1.54, 1.807) is 6.92 Å². The average Bonchev–Trinajstić information content (AvgIpc) is 2.57. The molecule has 0 bridgehead atoms. The molecule has 25 heavy (non-hydrogen) atoms. The molecule has 0 radical (unpaired) electrons. The lowest BCUT2D eigenvalue weighted by atomic mass is 9.78. The number of ether oxygens (including phenoxy) is 1. The normalized spacial score (nSPS) is 18.7. The summed E-state index contributed by atoms with van der Waals surface area (Å²) in [6.07, 6.45) is 5.80. The van der Waals surface area contributed by atoms with Gasteiger partial charge in [-0.3, -0.25) is 0 Å². The molecule has 5 heteroatoms. The van der Waals surface area contributed by atoms with Crippen LogP contribution in [0.2, 0.25) is 0 Å². The van der Waals surface area contributed by atoms with Gasteiger partial charge in [-0.15, -0.1) is 0 Å². The fourth-order valence-corrected chi connectivity index (χ4v) is 4.12. The van der Waals surface area contributed by atoms with Crippen molar-refractivity contribution >= 4 is 21.9 Å². The average molecular weight is 411 g/mol. The first kappa shape index (κ1) is 19.7. The predicted molar refractivity (Wildman–Crippen MR) is 101 cm³/mol. The molecule has 0 saturated heterocycles. The summed E-state index contributed by atoms with van der Waals surface area (Å²) in [5.41, 5.74) is 4.33. The number of hydrogen-bond acceptors (Lipinski definition) is 2. The van der Waals surface area contributed by atoms with E-state index in [-0.39, 0.29) is 5.57 Å². The van der Waals surface area contributed by atoms with Crippen LogP contribution in [-0.2, 0) is 9.53 Å². The maximum atomic E-state index is 14.3. The molecular weight excluding hydrogens is 387 g/mol. The zero-order chi connectivity index (χ0) is 18.7. The molecule has 0 aromatic rings. The van der Waals surface area contributed by atoms with Crippen molar-refractivity contribution in [1.82, 2.24) is 0 Å². The van der Waals surface area contributed by atoms with Gasteiger partial charge in [-0.25, -0.2) is 4.79 Å². The Kier molecular flexibility index (Phi) is 6.44. The van der Waals surface area contributed by atoms with Crippen LogP contribution in [0.25, 0.3) is 0 Å². The maximum absolute atomic E-state index is 14.3. The molecule has 0 spiro atoms. The van der Waals surface area contributed by atoms with Crippen molar-refractivity contribution in [3.63, 3.8) is 0 Å². The van der Waals surface area contributed by atoms with Gasteiger partial charge in [-0.05, 0) is 58.3 Å². The molecule has 136 valence electrons. The van der Waals surface area contributed by atoms with Gasteiger partial charge < -0.3 is 9.84 Å². The lowest BCUT2D eigenvalue weighted by molar-refractivity contribution is -0.134. The number of carboxylic acid groups (broad SMARTS) is 1. The Labute approximate surface area is 156 Å². The zero-order valence-corrected chi connectivity index (χ0v) is 16.7. The number of carbonyl (C=O) groups is 1. The maximum Gasteiger partial charge on any atom is 0.365 e. The Balaban J connectivity index is 2.73. The largest absolute Gasteiger partial charge is 0.492 e. The highest BCUT2D eigenvalue weighted by molar-refractivity contribution is 9.12. The molecule has 0 aromatic heterocycles. The summed E-state index contributed by atoms with van der Waals surface area (Å²) >= 11 is 3.63. The Hall–Kier alpha value is -1.62. The van der Waals surface area contributed by atoms with Crippen LogP contribution in [0.4, 0.5) is 4.39 Å². The molecule has 0 saturated carbocycles. The van der Waals surface area contributed by atoms with Crippen LogP contribution in [0, 0.1) is 5.92 Å². The van der Waals surface area contributed by atoms with E-state index in [1.807, 2.05) is 6.92 Å². The van der Waals surface area contributed by atoms with Crippen molar-refractivity contribution in [2.75, 3.05) is 6.61 Å². The van der Waals surface area contributed by atoms with Gasteiger partial charge in [0.05, 0.1) is 11.1 Å². The monoisotopic (exact) mass is 410 g/mol. The fraction of sp³-hybridized carbons (Fsp3) is 0.450. The van der Waals surface area contributed by atoms with Crippen LogP contribution in [0.5, 0.6) is 0 Å². The standard InChI is InChI=1S/C20H24BrFO3/c1-5-12(18(22)20(23)24)16-10-15-13(11(3)4)8-7-9-14(15)17(21)19(16)25-6-2/h7-8,11H,5-6,9-10H2,1-4H3,(H,23,24)/b18-12+. The van der Waals surface area contributed by atoms with Gasteiger partial charge in [0.1, 0.15) is 5.76 Å². The molecule has 2 rings (SSSR count). The Morgan fingerprint density at radius 1 is 1.36 bits per heavy atom. The molecule has 0 fully saturated rings. The van der Waals surface area contributed by atoms with Crippen LogP contribution in [0.1, 0.15) is 47.0 Å². The Morgan fingerprint density at radius 3 is 2.56 bits per heavy atom. The van der Waals surface area contributed by atoms with E-state index < -0.39 is 11.8 Å². The van der Waals surface area contributed by atoms with Gasteiger partial charge >= 0.3 is 5.97 Å². The van der Waals surface area contributed by atoms with Crippen LogP contribution < -0.4 is 0 Å². The molecular formula is C20H24BrFO3. The van der Waals surface area contributed by atoms with Crippen molar-refractivity contribution < 1.29 is 19.0 Å². The first-order chi connectivity index (χ1) is 11.8. The summed E-state index contributed by atoms with van der Waals surface area (Å²) in [7, 11) is 0. The van der Waals surface area contributed by atoms with E-state index in [2.05, 4.69) is 41.9 Å². The number of rotatable bonds is 6. The predicted octanol–water partition coefficient (Wildman–Crippen LogP) is 5.96. The fourth-order valence-electron chi connectivity index (χ4n) is 3.37. The van der Waals surface area contributed by atoms with Crippen LogP contribution in [0.15, 0.2) is 56.1 Å². The van der Waals surface area contributed by atoms with E-state index in [9.17, 15) is 9.18 Å². The highest BCUT2D eigenvalue weighted by Crippen LogP contribution is 2.46. The molecule has 2 aliphatic carbocycles. The summed E-state index contributed by atoms with van der Waals surface area (Å²) in [4.78, 5) is 11.2. The highest BCUT2D eigenvalue weighted by atomic mass is 79.9. The molecule has 0 heterocycles. The van der Waals surface area contributed by atoms with Crippen molar-refractivity contribution in [3.8, 4) is 0 Å². The minimum Gasteiger partial charge on any atom is -0.492 e. The zero-order valence-electron chi connectivity index (χ0n) is 15.1. The van der Waals surface area contributed by atoms with Gasteiger partial charge in [0.2, 0.25) is 5.83 Å². The summed E-state index contributed by atoms with van der Waals surface area (Å²) in [5.74, 6) is -1.74. The summed E-state index contributed by atoms with van der Waals surface area (Å²) in [5, 5.41) is 9.13. The molecule has 0 atom stereocenters. The number of allylic oxidation sites excluding steroid dienone is 8. The molecule has 1 N–H and O–H groups in total. The Morgan fingerprint density at radius 2 is 2.04 bits per heavy atom.